The first-order chi connectivity index (χ1) is 15.4. The Morgan fingerprint density at radius 1 is 1.09 bits per heavy atom. The molecule has 2 atom stereocenters. The Balaban J connectivity index is 1.26. The van der Waals surface area contributed by atoms with Gasteiger partial charge < -0.3 is 15.1 Å². The number of hydrogen-bond donors (Lipinski definition) is 1. The van der Waals surface area contributed by atoms with Crippen molar-refractivity contribution in [3.8, 4) is 0 Å². The lowest BCUT2D eigenvalue weighted by Crippen LogP contribution is -2.51. The lowest BCUT2D eigenvalue weighted by atomic mass is 10.1. The molecular weight excluding hydrogens is 441 g/mol. The number of rotatable bonds is 3. The van der Waals surface area contributed by atoms with E-state index in [-0.39, 0.29) is 18.0 Å². The van der Waals surface area contributed by atoms with Crippen molar-refractivity contribution in [1.82, 2.24) is 25.1 Å². The van der Waals surface area contributed by atoms with Gasteiger partial charge >= 0.3 is 6.18 Å². The van der Waals surface area contributed by atoms with Crippen LogP contribution < -0.4 is 10.2 Å². The molecule has 3 saturated heterocycles. The number of hydrogen-bond acceptors (Lipinski definition) is 7. The first-order valence-corrected chi connectivity index (χ1v) is 12.0. The van der Waals surface area contributed by atoms with Crippen LogP contribution in [0.1, 0.15) is 12.2 Å². The van der Waals surface area contributed by atoms with Gasteiger partial charge in [0.15, 0.2) is 0 Å². The third-order valence-electron chi connectivity index (χ3n) is 6.44. The number of alkyl halides is 3. The number of fused-ring (bicyclic) bond motifs is 1. The van der Waals surface area contributed by atoms with E-state index < -0.39 is 12.0 Å². The van der Waals surface area contributed by atoms with E-state index in [2.05, 4.69) is 20.2 Å². The average Bonchev–Trinajstić information content (AvgIpc) is 3.50. The second kappa shape index (κ2) is 8.68. The number of anilines is 1. The van der Waals surface area contributed by atoms with E-state index in [1.54, 1.807) is 36.0 Å². The number of nitrogens with one attached hydrogen (secondary N) is 1. The molecule has 2 aromatic rings. The van der Waals surface area contributed by atoms with Crippen LogP contribution in [-0.2, 0) is 11.0 Å². The molecule has 7 nitrogen and oxygen atoms in total. The summed E-state index contributed by atoms with van der Waals surface area (Å²) in [5.41, 5.74) is 0.300. The SMILES string of the molecule is O=C([C@@H]1C[C@H](N2CCN(c3nc(C(F)(F)F)nc4ccccc34)CC2)CN1)N1CCSC1. The molecule has 1 N–H and O–H groups in total. The minimum atomic E-state index is -4.59. The predicted octanol–water partition coefficient (Wildman–Crippen LogP) is 2.03. The zero-order valence-corrected chi connectivity index (χ0v) is 18.3. The summed E-state index contributed by atoms with van der Waals surface area (Å²) in [5, 5.41) is 4.00. The van der Waals surface area contributed by atoms with E-state index in [0.717, 1.165) is 31.1 Å². The van der Waals surface area contributed by atoms with Gasteiger partial charge in [-0.2, -0.15) is 13.2 Å². The van der Waals surface area contributed by atoms with Crippen LogP contribution in [-0.4, -0.2) is 88.7 Å². The molecule has 5 rings (SSSR count). The molecule has 3 fully saturated rings. The quantitative estimate of drug-likeness (QED) is 0.743. The second-order valence-electron chi connectivity index (χ2n) is 8.40. The Hall–Kier alpha value is -2.11. The Morgan fingerprint density at radius 2 is 1.88 bits per heavy atom. The van der Waals surface area contributed by atoms with Gasteiger partial charge in [-0.15, -0.1) is 11.8 Å². The van der Waals surface area contributed by atoms with Crippen molar-refractivity contribution in [2.75, 3.05) is 55.8 Å². The maximum absolute atomic E-state index is 13.4. The summed E-state index contributed by atoms with van der Waals surface area (Å²) in [4.78, 5) is 26.5. The van der Waals surface area contributed by atoms with Crippen molar-refractivity contribution < 1.29 is 18.0 Å². The average molecular weight is 467 g/mol. The molecule has 4 heterocycles. The van der Waals surface area contributed by atoms with Crippen LogP contribution in [0, 0.1) is 0 Å². The third kappa shape index (κ3) is 4.25. The van der Waals surface area contributed by atoms with Gasteiger partial charge in [-0.25, -0.2) is 9.97 Å². The highest BCUT2D eigenvalue weighted by atomic mass is 32.2. The molecule has 0 unspecified atom stereocenters. The number of nitrogens with zero attached hydrogens (tertiary/aromatic N) is 5. The Kier molecular flexibility index (Phi) is 5.89. The molecule has 3 aliphatic heterocycles. The fraction of sp³-hybridized carbons (Fsp3) is 0.571. The van der Waals surface area contributed by atoms with Crippen LogP contribution in [0.25, 0.3) is 10.9 Å². The lowest BCUT2D eigenvalue weighted by molar-refractivity contribution is -0.144. The van der Waals surface area contributed by atoms with Crippen molar-refractivity contribution in [1.29, 1.82) is 0 Å². The number of amides is 1. The minimum absolute atomic E-state index is 0.142. The molecule has 32 heavy (non-hydrogen) atoms. The number of para-hydroxylation sites is 1. The summed E-state index contributed by atoms with van der Waals surface area (Å²) in [7, 11) is 0. The largest absolute Gasteiger partial charge is 0.451 e. The highest BCUT2D eigenvalue weighted by Gasteiger charge is 2.38. The molecule has 0 spiro atoms. The smallest absolute Gasteiger partial charge is 0.353 e. The Labute approximate surface area is 188 Å². The van der Waals surface area contributed by atoms with Crippen molar-refractivity contribution >= 4 is 34.4 Å². The van der Waals surface area contributed by atoms with E-state index in [4.69, 9.17) is 0 Å². The van der Waals surface area contributed by atoms with Gasteiger partial charge in [0.1, 0.15) is 5.82 Å². The molecule has 172 valence electrons. The van der Waals surface area contributed by atoms with Gasteiger partial charge in [0, 0.05) is 56.4 Å². The number of aromatic nitrogens is 2. The van der Waals surface area contributed by atoms with Crippen molar-refractivity contribution in [2.45, 2.75) is 24.7 Å². The van der Waals surface area contributed by atoms with E-state index in [1.807, 2.05) is 9.80 Å². The number of halogens is 3. The van der Waals surface area contributed by atoms with E-state index >= 15 is 0 Å². The van der Waals surface area contributed by atoms with Gasteiger partial charge in [-0.1, -0.05) is 12.1 Å². The Morgan fingerprint density at radius 3 is 2.59 bits per heavy atom. The maximum Gasteiger partial charge on any atom is 0.451 e. The van der Waals surface area contributed by atoms with E-state index in [1.165, 1.54) is 0 Å². The maximum atomic E-state index is 13.4. The lowest BCUT2D eigenvalue weighted by Gasteiger charge is -2.38. The van der Waals surface area contributed by atoms with Crippen LogP contribution in [0.2, 0.25) is 0 Å². The van der Waals surface area contributed by atoms with Crippen LogP contribution in [0.15, 0.2) is 24.3 Å². The molecule has 0 aliphatic carbocycles. The standard InChI is InChI=1S/C21H25F3N6OS/c22-21(23,24)20-26-16-4-2-1-3-15(16)18(27-20)29-7-5-28(6-8-29)14-11-17(25-12-14)19(31)30-9-10-32-13-30/h1-4,14,17,25H,5-13H2/t14-,17-/m0/s1. The van der Waals surface area contributed by atoms with E-state index in [0.29, 0.717) is 42.9 Å². The molecule has 3 aliphatic rings. The monoisotopic (exact) mass is 466 g/mol. The zero-order valence-electron chi connectivity index (χ0n) is 17.5. The van der Waals surface area contributed by atoms with Crippen molar-refractivity contribution in [3.63, 3.8) is 0 Å². The fourth-order valence-electron chi connectivity index (χ4n) is 4.72. The molecule has 1 aromatic carbocycles. The van der Waals surface area contributed by atoms with Crippen LogP contribution in [0.4, 0.5) is 19.0 Å². The number of piperazine rings is 1. The summed E-state index contributed by atoms with van der Waals surface area (Å²) in [6, 6.07) is 6.95. The number of carbonyl (C=O) groups is 1. The molecular formula is C21H25F3N6OS. The minimum Gasteiger partial charge on any atom is -0.353 e. The van der Waals surface area contributed by atoms with Gasteiger partial charge in [-0.3, -0.25) is 9.69 Å². The third-order valence-corrected chi connectivity index (χ3v) is 7.40. The molecule has 0 bridgehead atoms. The topological polar surface area (TPSA) is 64.6 Å². The first-order valence-electron chi connectivity index (χ1n) is 10.8. The molecule has 1 amide bonds. The highest BCUT2D eigenvalue weighted by molar-refractivity contribution is 7.99. The van der Waals surface area contributed by atoms with Gasteiger partial charge in [0.05, 0.1) is 17.4 Å². The van der Waals surface area contributed by atoms with Crippen molar-refractivity contribution in [3.05, 3.63) is 30.1 Å². The molecule has 11 heteroatoms. The summed E-state index contributed by atoms with van der Waals surface area (Å²) < 4.78 is 40.1. The van der Waals surface area contributed by atoms with Crippen molar-refractivity contribution in [2.24, 2.45) is 0 Å². The van der Waals surface area contributed by atoms with Gasteiger partial charge in [0.25, 0.3) is 0 Å². The van der Waals surface area contributed by atoms with Gasteiger partial charge in [-0.05, 0) is 18.6 Å². The van der Waals surface area contributed by atoms with Crippen LogP contribution in [0.3, 0.4) is 0 Å². The molecule has 0 saturated carbocycles. The molecule has 1 aromatic heterocycles. The summed E-state index contributed by atoms with van der Waals surface area (Å²) in [5.74, 6) is 1.19. The second-order valence-corrected chi connectivity index (χ2v) is 9.47. The van der Waals surface area contributed by atoms with Gasteiger partial charge in [0.2, 0.25) is 11.7 Å². The van der Waals surface area contributed by atoms with E-state index in [9.17, 15) is 18.0 Å². The highest BCUT2D eigenvalue weighted by Crippen LogP contribution is 2.32. The number of thioether (sulfide) groups is 1. The zero-order chi connectivity index (χ0) is 22.3. The number of carbonyl (C=O) groups excluding carboxylic acids is 1. The summed E-state index contributed by atoms with van der Waals surface area (Å²) in [6.07, 6.45) is -3.82. The number of benzene rings is 1. The summed E-state index contributed by atoms with van der Waals surface area (Å²) in [6.45, 7) is 4.16. The Bertz CT molecular complexity index is 991. The fourth-order valence-corrected chi connectivity index (χ4v) is 5.67. The predicted molar refractivity (Wildman–Crippen MR) is 118 cm³/mol. The summed E-state index contributed by atoms with van der Waals surface area (Å²) >= 11 is 1.78. The van der Waals surface area contributed by atoms with Crippen LogP contribution in [0.5, 0.6) is 0 Å². The van der Waals surface area contributed by atoms with Crippen LogP contribution >= 0.6 is 11.8 Å². The molecule has 0 radical (unpaired) electrons. The normalized spacial score (nSPS) is 25.1. The first kappa shape index (κ1) is 21.7.